The van der Waals surface area contributed by atoms with E-state index in [0.29, 0.717) is 16.4 Å². The van der Waals surface area contributed by atoms with Gasteiger partial charge in [0.15, 0.2) is 0 Å². The van der Waals surface area contributed by atoms with Crippen molar-refractivity contribution in [1.29, 1.82) is 0 Å². The van der Waals surface area contributed by atoms with Crippen molar-refractivity contribution in [3.63, 3.8) is 0 Å². The molecular formula is C19H20N6O2S. The van der Waals surface area contributed by atoms with E-state index in [2.05, 4.69) is 20.7 Å². The molecule has 0 aliphatic heterocycles. The zero-order chi connectivity index (χ0) is 19.7. The van der Waals surface area contributed by atoms with Crippen LogP contribution in [0.2, 0.25) is 0 Å². The van der Waals surface area contributed by atoms with Gasteiger partial charge in [0.1, 0.15) is 11.5 Å². The van der Waals surface area contributed by atoms with E-state index in [9.17, 15) is 9.59 Å². The van der Waals surface area contributed by atoms with Crippen LogP contribution in [-0.4, -0.2) is 32.0 Å². The highest BCUT2D eigenvalue weighted by atomic mass is 32.1. The molecule has 3 aromatic rings. The van der Waals surface area contributed by atoms with Crippen molar-refractivity contribution in [2.45, 2.75) is 39.2 Å². The Morgan fingerprint density at radius 2 is 1.96 bits per heavy atom. The first-order chi connectivity index (χ1) is 13.5. The summed E-state index contributed by atoms with van der Waals surface area (Å²) in [5.74, 6) is -0.374. The first-order valence-electron chi connectivity index (χ1n) is 9.10. The normalized spacial score (nSPS) is 13.2. The average molecular weight is 396 g/mol. The number of thiophene rings is 1. The molecule has 4 rings (SSSR count). The summed E-state index contributed by atoms with van der Waals surface area (Å²) in [6.07, 6.45) is 3.86. The largest absolute Gasteiger partial charge is 0.365 e. The predicted molar refractivity (Wildman–Crippen MR) is 106 cm³/mol. The third-order valence-corrected chi connectivity index (χ3v) is 5.93. The van der Waals surface area contributed by atoms with Crippen LogP contribution in [0.1, 0.15) is 39.2 Å². The minimum Gasteiger partial charge on any atom is -0.365 e. The number of fused-ring (bicyclic) bond motifs is 1. The molecule has 0 saturated carbocycles. The maximum absolute atomic E-state index is 12.5. The van der Waals surface area contributed by atoms with E-state index >= 15 is 0 Å². The summed E-state index contributed by atoms with van der Waals surface area (Å²) in [6, 6.07) is 7.75. The molecule has 2 heterocycles. The van der Waals surface area contributed by atoms with Crippen LogP contribution in [-0.2, 0) is 24.2 Å². The number of nitrogens with one attached hydrogen (secondary N) is 1. The minimum absolute atomic E-state index is 0.0976. The Morgan fingerprint density at radius 1 is 1.21 bits per heavy atom. The number of aryl methyl sites for hydroxylation is 2. The number of hydrogen-bond acceptors (Lipinski definition) is 6. The molecule has 0 unspecified atom stereocenters. The zero-order valence-electron chi connectivity index (χ0n) is 15.4. The van der Waals surface area contributed by atoms with Crippen molar-refractivity contribution in [2.75, 3.05) is 5.32 Å². The van der Waals surface area contributed by atoms with Gasteiger partial charge in [-0.25, -0.2) is 0 Å². The molecule has 1 aromatic carbocycles. The molecule has 0 fully saturated rings. The van der Waals surface area contributed by atoms with Crippen molar-refractivity contribution in [3.8, 4) is 11.4 Å². The summed E-state index contributed by atoms with van der Waals surface area (Å²) in [5.41, 5.74) is 8.97. The van der Waals surface area contributed by atoms with Crippen LogP contribution in [0.5, 0.6) is 0 Å². The topological polar surface area (TPSA) is 116 Å². The van der Waals surface area contributed by atoms with Gasteiger partial charge in [-0.1, -0.05) is 29.8 Å². The molecule has 9 heteroatoms. The maximum Gasteiger partial charge on any atom is 0.251 e. The highest BCUT2D eigenvalue weighted by Crippen LogP contribution is 2.37. The van der Waals surface area contributed by atoms with Gasteiger partial charge in [0, 0.05) is 10.4 Å². The lowest BCUT2D eigenvalue weighted by Crippen LogP contribution is -2.22. The number of amides is 2. The molecule has 0 bridgehead atoms. The predicted octanol–water partition coefficient (Wildman–Crippen LogP) is 2.33. The fourth-order valence-electron chi connectivity index (χ4n) is 3.34. The summed E-state index contributed by atoms with van der Waals surface area (Å²) in [4.78, 5) is 26.8. The van der Waals surface area contributed by atoms with Crippen molar-refractivity contribution in [3.05, 3.63) is 45.8 Å². The Morgan fingerprint density at radius 3 is 2.71 bits per heavy atom. The molecule has 8 nitrogen and oxygen atoms in total. The number of aromatic nitrogens is 4. The van der Waals surface area contributed by atoms with Crippen molar-refractivity contribution in [2.24, 2.45) is 5.73 Å². The van der Waals surface area contributed by atoms with Gasteiger partial charge in [-0.05, 0) is 43.4 Å². The number of rotatable bonds is 5. The fourth-order valence-corrected chi connectivity index (χ4v) is 4.65. The van der Waals surface area contributed by atoms with E-state index in [0.717, 1.165) is 47.3 Å². The monoisotopic (exact) mass is 396 g/mol. The van der Waals surface area contributed by atoms with Gasteiger partial charge in [0.05, 0.1) is 5.56 Å². The minimum atomic E-state index is -0.504. The molecule has 1 aliphatic carbocycles. The van der Waals surface area contributed by atoms with Crippen LogP contribution in [0.3, 0.4) is 0 Å². The lowest BCUT2D eigenvalue weighted by Gasteiger charge is -2.11. The number of nitrogens with zero attached hydrogens (tertiary/aromatic N) is 4. The molecule has 2 amide bonds. The SMILES string of the molecule is Cc1ccc(-c2nnn(CC(=O)Nc3sc4c(c3C(N)=O)CCCC4)n2)cc1. The smallest absolute Gasteiger partial charge is 0.251 e. The Hall–Kier alpha value is -3.07. The number of hydrogen-bond donors (Lipinski definition) is 2. The van der Waals surface area contributed by atoms with Gasteiger partial charge in [-0.2, -0.15) is 4.80 Å². The summed E-state index contributed by atoms with van der Waals surface area (Å²) >= 11 is 1.43. The van der Waals surface area contributed by atoms with Crippen LogP contribution < -0.4 is 11.1 Å². The summed E-state index contributed by atoms with van der Waals surface area (Å²) < 4.78 is 0. The lowest BCUT2D eigenvalue weighted by atomic mass is 9.95. The standard InChI is InChI=1S/C19H20N6O2S/c1-11-6-8-12(9-7-11)18-22-24-25(23-18)10-15(26)21-19-16(17(20)27)13-4-2-3-5-14(13)28-19/h6-9H,2-5,10H2,1H3,(H2,20,27)(H,21,26). The summed E-state index contributed by atoms with van der Waals surface area (Å²) in [5, 5.41) is 15.5. The molecule has 0 spiro atoms. The molecule has 1 aliphatic rings. The van der Waals surface area contributed by atoms with Crippen molar-refractivity contribution >= 4 is 28.2 Å². The van der Waals surface area contributed by atoms with Gasteiger partial charge in [-0.3, -0.25) is 9.59 Å². The van der Waals surface area contributed by atoms with Crippen LogP contribution in [0.15, 0.2) is 24.3 Å². The number of carbonyl (C=O) groups excluding carboxylic acids is 2. The second-order valence-corrected chi connectivity index (χ2v) is 7.94. The number of benzene rings is 1. The molecule has 28 heavy (non-hydrogen) atoms. The highest BCUT2D eigenvalue weighted by Gasteiger charge is 2.25. The van der Waals surface area contributed by atoms with Crippen molar-refractivity contribution < 1.29 is 9.59 Å². The van der Waals surface area contributed by atoms with Gasteiger partial charge in [0.2, 0.25) is 11.7 Å². The van der Waals surface area contributed by atoms with Crippen molar-refractivity contribution in [1.82, 2.24) is 20.2 Å². The van der Waals surface area contributed by atoms with E-state index < -0.39 is 5.91 Å². The molecular weight excluding hydrogens is 376 g/mol. The van der Waals surface area contributed by atoms with Crippen LogP contribution >= 0.6 is 11.3 Å². The van der Waals surface area contributed by atoms with E-state index in [4.69, 9.17) is 5.73 Å². The molecule has 2 aromatic heterocycles. The van der Waals surface area contributed by atoms with Gasteiger partial charge < -0.3 is 11.1 Å². The van der Waals surface area contributed by atoms with Crippen LogP contribution in [0.4, 0.5) is 5.00 Å². The Balaban J connectivity index is 1.49. The average Bonchev–Trinajstić information content (AvgIpc) is 3.26. The number of primary amides is 1. The number of nitrogens with two attached hydrogens (primary N) is 1. The van der Waals surface area contributed by atoms with Gasteiger partial charge in [-0.15, -0.1) is 21.5 Å². The number of carbonyl (C=O) groups is 2. The first-order valence-corrected chi connectivity index (χ1v) is 9.92. The second kappa shape index (κ2) is 7.51. The van der Waals surface area contributed by atoms with Gasteiger partial charge in [0.25, 0.3) is 5.91 Å². The van der Waals surface area contributed by atoms with E-state index in [1.54, 1.807) is 0 Å². The zero-order valence-corrected chi connectivity index (χ0v) is 16.3. The molecule has 3 N–H and O–H groups in total. The third-order valence-electron chi connectivity index (χ3n) is 4.72. The molecule has 0 radical (unpaired) electrons. The Bertz CT molecular complexity index is 1040. The fraction of sp³-hybridized carbons (Fsp3) is 0.316. The maximum atomic E-state index is 12.5. The quantitative estimate of drug-likeness (QED) is 0.687. The number of anilines is 1. The summed E-state index contributed by atoms with van der Waals surface area (Å²) in [6.45, 7) is 1.90. The molecule has 0 atom stereocenters. The third kappa shape index (κ3) is 3.65. The summed E-state index contributed by atoms with van der Waals surface area (Å²) in [7, 11) is 0. The second-order valence-electron chi connectivity index (χ2n) is 6.84. The van der Waals surface area contributed by atoms with E-state index in [1.807, 2.05) is 31.2 Å². The highest BCUT2D eigenvalue weighted by molar-refractivity contribution is 7.17. The Kier molecular flexibility index (Phi) is 4.91. The molecule has 144 valence electrons. The van der Waals surface area contributed by atoms with E-state index in [-0.39, 0.29) is 12.5 Å². The first kappa shape index (κ1) is 18.3. The number of tetrazole rings is 1. The lowest BCUT2D eigenvalue weighted by molar-refractivity contribution is -0.117. The Labute approximate surface area is 165 Å². The molecule has 0 saturated heterocycles. The van der Waals surface area contributed by atoms with Crippen LogP contribution in [0, 0.1) is 6.92 Å². The van der Waals surface area contributed by atoms with E-state index in [1.165, 1.54) is 16.1 Å². The van der Waals surface area contributed by atoms with Gasteiger partial charge >= 0.3 is 0 Å². The van der Waals surface area contributed by atoms with Crippen LogP contribution in [0.25, 0.3) is 11.4 Å².